The molecule has 3 heteroatoms. The molecular formula is C15H30O2Si. The van der Waals surface area contributed by atoms with Crippen molar-refractivity contribution in [2.75, 3.05) is 14.2 Å². The molecule has 2 fully saturated rings. The molecule has 0 heterocycles. The monoisotopic (exact) mass is 270 g/mol. The normalized spacial score (nSPS) is 23.7. The Hall–Kier alpha value is 0.137. The zero-order chi connectivity index (χ0) is 12.8. The van der Waals surface area contributed by atoms with Crippen LogP contribution < -0.4 is 0 Å². The first kappa shape index (κ1) is 14.5. The lowest BCUT2D eigenvalue weighted by Gasteiger charge is -2.34. The Labute approximate surface area is 114 Å². The standard InChI is InChI=1S/C15H30O2Si/c1-16-18(17-2,13-15-10-6-7-11-15)12-14-8-4-3-5-9-14/h14-15H,3-13H2,1-2H3. The van der Waals surface area contributed by atoms with Gasteiger partial charge in [0.15, 0.2) is 0 Å². The molecule has 106 valence electrons. The summed E-state index contributed by atoms with van der Waals surface area (Å²) in [7, 11) is 1.90. The van der Waals surface area contributed by atoms with Crippen molar-refractivity contribution in [2.45, 2.75) is 69.9 Å². The molecule has 2 rings (SSSR count). The number of hydrogen-bond acceptors (Lipinski definition) is 2. The average Bonchev–Trinajstić information content (AvgIpc) is 2.92. The molecule has 0 radical (unpaired) electrons. The van der Waals surface area contributed by atoms with E-state index in [9.17, 15) is 0 Å². The molecule has 2 saturated carbocycles. The zero-order valence-corrected chi connectivity index (χ0v) is 13.2. The summed E-state index contributed by atoms with van der Waals surface area (Å²) in [5.74, 6) is 1.77. The molecule has 2 nitrogen and oxygen atoms in total. The van der Waals surface area contributed by atoms with Gasteiger partial charge < -0.3 is 8.85 Å². The molecule has 0 spiro atoms. The predicted molar refractivity (Wildman–Crippen MR) is 77.9 cm³/mol. The number of rotatable bonds is 6. The van der Waals surface area contributed by atoms with Crippen molar-refractivity contribution in [3.8, 4) is 0 Å². The van der Waals surface area contributed by atoms with Gasteiger partial charge in [-0.3, -0.25) is 0 Å². The van der Waals surface area contributed by atoms with Crippen molar-refractivity contribution in [1.82, 2.24) is 0 Å². The Morgan fingerprint density at radius 1 is 0.722 bits per heavy atom. The molecule has 0 aromatic heterocycles. The maximum absolute atomic E-state index is 5.97. The summed E-state index contributed by atoms with van der Waals surface area (Å²) < 4.78 is 11.9. The molecule has 0 bridgehead atoms. The second kappa shape index (κ2) is 7.06. The van der Waals surface area contributed by atoms with Crippen LogP contribution >= 0.6 is 0 Å². The lowest BCUT2D eigenvalue weighted by Crippen LogP contribution is -2.43. The molecule has 0 aliphatic heterocycles. The van der Waals surface area contributed by atoms with E-state index in [-0.39, 0.29) is 0 Å². The maximum atomic E-state index is 5.97. The molecule has 0 atom stereocenters. The SMILES string of the molecule is CO[Si](CC1CCCCC1)(CC1CCCC1)OC. The first-order valence-electron chi connectivity index (χ1n) is 7.88. The van der Waals surface area contributed by atoms with Crippen LogP contribution in [0.5, 0.6) is 0 Å². The largest absolute Gasteiger partial charge is 0.398 e. The van der Waals surface area contributed by atoms with Gasteiger partial charge in [-0.1, -0.05) is 57.8 Å². The van der Waals surface area contributed by atoms with Gasteiger partial charge in [-0.25, -0.2) is 0 Å². The van der Waals surface area contributed by atoms with Crippen molar-refractivity contribution in [3.63, 3.8) is 0 Å². The van der Waals surface area contributed by atoms with E-state index in [1.54, 1.807) is 0 Å². The minimum atomic E-state index is -1.90. The van der Waals surface area contributed by atoms with E-state index in [2.05, 4.69) is 0 Å². The summed E-state index contributed by atoms with van der Waals surface area (Å²) in [6.07, 6.45) is 12.8. The van der Waals surface area contributed by atoms with Crippen molar-refractivity contribution in [2.24, 2.45) is 11.8 Å². The molecule has 0 aromatic carbocycles. The van der Waals surface area contributed by atoms with Gasteiger partial charge in [0.25, 0.3) is 0 Å². The predicted octanol–water partition coefficient (Wildman–Crippen LogP) is 4.49. The van der Waals surface area contributed by atoms with Crippen LogP contribution in [0.4, 0.5) is 0 Å². The minimum absolute atomic E-state index is 0.881. The smallest absolute Gasteiger partial charge is 0.338 e. The first-order valence-corrected chi connectivity index (χ1v) is 10.1. The van der Waals surface area contributed by atoms with Crippen LogP contribution in [0.3, 0.4) is 0 Å². The van der Waals surface area contributed by atoms with Gasteiger partial charge in [-0.05, 0) is 23.9 Å². The van der Waals surface area contributed by atoms with Gasteiger partial charge in [0.2, 0.25) is 0 Å². The Bertz CT molecular complexity index is 229. The quantitative estimate of drug-likeness (QED) is 0.662. The van der Waals surface area contributed by atoms with Gasteiger partial charge in [0, 0.05) is 14.2 Å². The summed E-state index contributed by atoms with van der Waals surface area (Å²) >= 11 is 0. The van der Waals surface area contributed by atoms with E-state index in [1.165, 1.54) is 69.9 Å². The highest BCUT2D eigenvalue weighted by Crippen LogP contribution is 2.38. The van der Waals surface area contributed by atoms with Crippen LogP contribution in [0, 0.1) is 11.8 Å². The molecular weight excluding hydrogens is 240 g/mol. The van der Waals surface area contributed by atoms with Crippen LogP contribution in [0.25, 0.3) is 0 Å². The lowest BCUT2D eigenvalue weighted by atomic mass is 9.91. The Balaban J connectivity index is 1.90. The fraction of sp³-hybridized carbons (Fsp3) is 1.00. The van der Waals surface area contributed by atoms with E-state index in [0.717, 1.165) is 11.8 Å². The van der Waals surface area contributed by atoms with E-state index in [4.69, 9.17) is 8.85 Å². The highest BCUT2D eigenvalue weighted by atomic mass is 28.4. The fourth-order valence-corrected chi connectivity index (χ4v) is 7.56. The molecule has 0 amide bonds. The minimum Gasteiger partial charge on any atom is -0.398 e. The van der Waals surface area contributed by atoms with Gasteiger partial charge in [-0.2, -0.15) is 0 Å². The first-order chi connectivity index (χ1) is 8.78. The summed E-state index contributed by atoms with van der Waals surface area (Å²) in [5, 5.41) is 0. The Morgan fingerprint density at radius 2 is 1.11 bits per heavy atom. The van der Waals surface area contributed by atoms with Crippen molar-refractivity contribution in [1.29, 1.82) is 0 Å². The maximum Gasteiger partial charge on any atom is 0.338 e. The highest BCUT2D eigenvalue weighted by molar-refractivity contribution is 6.67. The van der Waals surface area contributed by atoms with E-state index >= 15 is 0 Å². The van der Waals surface area contributed by atoms with Gasteiger partial charge in [0.05, 0.1) is 0 Å². The van der Waals surface area contributed by atoms with Crippen molar-refractivity contribution < 1.29 is 8.85 Å². The zero-order valence-electron chi connectivity index (χ0n) is 12.2. The van der Waals surface area contributed by atoms with Gasteiger partial charge >= 0.3 is 8.56 Å². The molecule has 2 aliphatic carbocycles. The third-order valence-corrected chi connectivity index (χ3v) is 9.03. The van der Waals surface area contributed by atoms with Crippen LogP contribution in [-0.4, -0.2) is 22.8 Å². The summed E-state index contributed by atoms with van der Waals surface area (Å²) in [5.41, 5.74) is 0. The van der Waals surface area contributed by atoms with Gasteiger partial charge in [0.1, 0.15) is 0 Å². The summed E-state index contributed by atoms with van der Waals surface area (Å²) in [4.78, 5) is 0. The van der Waals surface area contributed by atoms with Crippen LogP contribution in [-0.2, 0) is 8.85 Å². The summed E-state index contributed by atoms with van der Waals surface area (Å²) in [6, 6.07) is 2.49. The lowest BCUT2D eigenvalue weighted by molar-refractivity contribution is 0.218. The highest BCUT2D eigenvalue weighted by Gasteiger charge is 2.41. The van der Waals surface area contributed by atoms with Crippen LogP contribution in [0.2, 0.25) is 12.1 Å². The topological polar surface area (TPSA) is 18.5 Å². The fourth-order valence-electron chi connectivity index (χ4n) is 3.99. The summed E-state index contributed by atoms with van der Waals surface area (Å²) in [6.45, 7) is 0. The van der Waals surface area contributed by atoms with E-state index in [1.807, 2.05) is 14.2 Å². The van der Waals surface area contributed by atoms with Crippen molar-refractivity contribution >= 4 is 8.56 Å². The Kier molecular flexibility index (Phi) is 5.71. The number of hydrogen-bond donors (Lipinski definition) is 0. The third kappa shape index (κ3) is 3.81. The second-order valence-electron chi connectivity index (χ2n) is 6.38. The Morgan fingerprint density at radius 3 is 1.50 bits per heavy atom. The molecule has 0 aromatic rings. The molecule has 2 aliphatic rings. The second-order valence-corrected chi connectivity index (χ2v) is 9.84. The average molecular weight is 270 g/mol. The molecule has 0 N–H and O–H groups in total. The van der Waals surface area contributed by atoms with Gasteiger partial charge in [-0.15, -0.1) is 0 Å². The van der Waals surface area contributed by atoms with E-state index in [0.29, 0.717) is 0 Å². The van der Waals surface area contributed by atoms with Crippen LogP contribution in [0.1, 0.15) is 57.8 Å². The molecule has 18 heavy (non-hydrogen) atoms. The molecule has 0 unspecified atom stereocenters. The molecule has 0 saturated heterocycles. The van der Waals surface area contributed by atoms with E-state index < -0.39 is 8.56 Å². The van der Waals surface area contributed by atoms with Crippen molar-refractivity contribution in [3.05, 3.63) is 0 Å². The third-order valence-electron chi connectivity index (χ3n) is 5.14. The van der Waals surface area contributed by atoms with Crippen LogP contribution in [0.15, 0.2) is 0 Å².